The maximum atomic E-state index is 12.2. The van der Waals surface area contributed by atoms with Gasteiger partial charge in [0.1, 0.15) is 5.75 Å². The zero-order chi connectivity index (χ0) is 18.7. The average Bonchev–Trinajstić information content (AvgIpc) is 3.06. The molecule has 0 atom stereocenters. The highest BCUT2D eigenvalue weighted by Crippen LogP contribution is 2.26. The van der Waals surface area contributed by atoms with E-state index < -0.39 is 0 Å². The Balaban J connectivity index is 1.67. The van der Waals surface area contributed by atoms with Crippen molar-refractivity contribution in [2.75, 3.05) is 11.9 Å². The number of benzene rings is 2. The van der Waals surface area contributed by atoms with Crippen LogP contribution in [0.25, 0.3) is 11.3 Å². The Morgan fingerprint density at radius 1 is 1.08 bits per heavy atom. The molecule has 6 nitrogen and oxygen atoms in total. The highest BCUT2D eigenvalue weighted by atomic mass is 35.5. The second-order valence-corrected chi connectivity index (χ2v) is 6.42. The number of amides is 1. The fraction of sp³-hybridized carbons (Fsp3) is 0.211. The minimum absolute atomic E-state index is 0.166. The standard InChI is InChI=1S/C19H18ClN3O3/c1-11-4-5-14(8-12(11)2)18-19(23-26-22-18)21-17(24)10-25-15-6-7-16(20)13(3)9-15/h4-9H,10H2,1-3H3,(H,21,23,24). The minimum Gasteiger partial charge on any atom is -0.484 e. The molecule has 0 spiro atoms. The molecule has 7 heteroatoms. The molecule has 26 heavy (non-hydrogen) atoms. The third kappa shape index (κ3) is 4.03. The number of rotatable bonds is 5. The van der Waals surface area contributed by atoms with Crippen molar-refractivity contribution in [1.29, 1.82) is 0 Å². The molecule has 1 N–H and O–H groups in total. The highest BCUT2D eigenvalue weighted by molar-refractivity contribution is 6.31. The molecular formula is C19H18ClN3O3. The number of ether oxygens (including phenoxy) is 1. The lowest BCUT2D eigenvalue weighted by molar-refractivity contribution is -0.118. The molecule has 0 aliphatic carbocycles. The SMILES string of the molecule is Cc1ccc(-c2nonc2NC(=O)COc2ccc(Cl)c(C)c2)cc1C. The lowest BCUT2D eigenvalue weighted by atomic mass is 10.0. The van der Waals surface area contributed by atoms with Gasteiger partial charge in [0.15, 0.2) is 12.3 Å². The monoisotopic (exact) mass is 371 g/mol. The van der Waals surface area contributed by atoms with Gasteiger partial charge < -0.3 is 10.1 Å². The fourth-order valence-corrected chi connectivity index (χ4v) is 2.49. The number of halogens is 1. The van der Waals surface area contributed by atoms with E-state index >= 15 is 0 Å². The third-order valence-electron chi connectivity index (χ3n) is 4.03. The third-order valence-corrected chi connectivity index (χ3v) is 4.45. The van der Waals surface area contributed by atoms with Crippen molar-refractivity contribution >= 4 is 23.3 Å². The molecule has 1 amide bonds. The van der Waals surface area contributed by atoms with Crippen LogP contribution in [0.2, 0.25) is 5.02 Å². The first-order valence-electron chi connectivity index (χ1n) is 8.03. The smallest absolute Gasteiger partial charge is 0.263 e. The van der Waals surface area contributed by atoms with Gasteiger partial charge in [0.2, 0.25) is 5.82 Å². The maximum Gasteiger partial charge on any atom is 0.263 e. The zero-order valence-electron chi connectivity index (χ0n) is 14.7. The molecule has 0 unspecified atom stereocenters. The van der Waals surface area contributed by atoms with Gasteiger partial charge in [0, 0.05) is 10.6 Å². The van der Waals surface area contributed by atoms with Crippen molar-refractivity contribution in [2.24, 2.45) is 0 Å². The van der Waals surface area contributed by atoms with Crippen LogP contribution in [-0.4, -0.2) is 22.8 Å². The molecule has 0 aliphatic heterocycles. The summed E-state index contributed by atoms with van der Waals surface area (Å²) in [6, 6.07) is 11.1. The first-order chi connectivity index (χ1) is 12.4. The summed E-state index contributed by atoms with van der Waals surface area (Å²) in [5.41, 5.74) is 4.46. The summed E-state index contributed by atoms with van der Waals surface area (Å²) in [5, 5.41) is 11.0. The minimum atomic E-state index is -0.363. The number of hydrogen-bond acceptors (Lipinski definition) is 5. The van der Waals surface area contributed by atoms with Gasteiger partial charge in [-0.25, -0.2) is 4.63 Å². The second kappa shape index (κ2) is 7.58. The Labute approximate surface area is 156 Å². The van der Waals surface area contributed by atoms with Gasteiger partial charge >= 0.3 is 0 Å². The molecule has 1 heterocycles. The summed E-state index contributed by atoms with van der Waals surface area (Å²) in [7, 11) is 0. The number of aryl methyl sites for hydroxylation is 3. The molecule has 3 rings (SSSR count). The lowest BCUT2D eigenvalue weighted by Crippen LogP contribution is -2.20. The summed E-state index contributed by atoms with van der Waals surface area (Å²) in [6.45, 7) is 5.73. The number of anilines is 1. The van der Waals surface area contributed by atoms with E-state index in [0.717, 1.165) is 16.7 Å². The Kier molecular flexibility index (Phi) is 5.23. The van der Waals surface area contributed by atoms with Crippen molar-refractivity contribution in [2.45, 2.75) is 20.8 Å². The molecule has 2 aromatic carbocycles. The van der Waals surface area contributed by atoms with Gasteiger partial charge in [-0.05, 0) is 72.0 Å². The average molecular weight is 372 g/mol. The van der Waals surface area contributed by atoms with Crippen molar-refractivity contribution in [3.8, 4) is 17.0 Å². The van der Waals surface area contributed by atoms with Crippen LogP contribution in [0, 0.1) is 20.8 Å². The molecule has 0 saturated carbocycles. The number of hydrogen-bond donors (Lipinski definition) is 1. The number of nitrogens with one attached hydrogen (secondary N) is 1. The predicted molar refractivity (Wildman–Crippen MR) is 99.5 cm³/mol. The van der Waals surface area contributed by atoms with Crippen LogP contribution < -0.4 is 10.1 Å². The molecule has 0 fully saturated rings. The molecule has 0 aliphatic rings. The van der Waals surface area contributed by atoms with Gasteiger partial charge in [-0.1, -0.05) is 23.7 Å². The molecule has 0 radical (unpaired) electrons. The van der Waals surface area contributed by atoms with Gasteiger partial charge in [-0.15, -0.1) is 0 Å². The van der Waals surface area contributed by atoms with E-state index in [0.29, 0.717) is 16.5 Å². The highest BCUT2D eigenvalue weighted by Gasteiger charge is 2.16. The summed E-state index contributed by atoms with van der Waals surface area (Å²) >= 11 is 5.97. The van der Waals surface area contributed by atoms with E-state index in [4.69, 9.17) is 21.0 Å². The van der Waals surface area contributed by atoms with Gasteiger partial charge in [-0.2, -0.15) is 0 Å². The Morgan fingerprint density at radius 2 is 1.88 bits per heavy atom. The van der Waals surface area contributed by atoms with E-state index in [-0.39, 0.29) is 18.3 Å². The molecule has 3 aromatic rings. The van der Waals surface area contributed by atoms with Gasteiger partial charge in [0.05, 0.1) is 0 Å². The molecule has 1 aromatic heterocycles. The summed E-state index contributed by atoms with van der Waals surface area (Å²) in [4.78, 5) is 12.2. The number of aromatic nitrogens is 2. The van der Waals surface area contributed by atoms with Crippen LogP contribution in [0.15, 0.2) is 41.0 Å². The van der Waals surface area contributed by atoms with Crippen LogP contribution in [0.3, 0.4) is 0 Å². The normalized spacial score (nSPS) is 10.6. The van der Waals surface area contributed by atoms with E-state index in [1.165, 1.54) is 5.56 Å². The predicted octanol–water partition coefficient (Wildman–Crippen LogP) is 4.33. The van der Waals surface area contributed by atoms with E-state index in [1.807, 2.05) is 39.0 Å². The fourth-order valence-electron chi connectivity index (χ4n) is 2.37. The van der Waals surface area contributed by atoms with Gasteiger partial charge in [0.25, 0.3) is 5.91 Å². The van der Waals surface area contributed by atoms with Crippen LogP contribution in [0.1, 0.15) is 16.7 Å². The molecular weight excluding hydrogens is 354 g/mol. The van der Waals surface area contributed by atoms with E-state index in [1.54, 1.807) is 18.2 Å². The molecule has 0 saturated heterocycles. The Bertz CT molecular complexity index is 953. The Morgan fingerprint density at radius 3 is 2.62 bits per heavy atom. The van der Waals surface area contributed by atoms with E-state index in [2.05, 4.69) is 15.6 Å². The lowest BCUT2D eigenvalue weighted by Gasteiger charge is -2.08. The molecule has 134 valence electrons. The number of carbonyl (C=O) groups excluding carboxylic acids is 1. The first kappa shape index (κ1) is 17.9. The quantitative estimate of drug-likeness (QED) is 0.722. The van der Waals surface area contributed by atoms with Crippen LogP contribution >= 0.6 is 11.6 Å². The van der Waals surface area contributed by atoms with Crippen LogP contribution in [-0.2, 0) is 4.79 Å². The van der Waals surface area contributed by atoms with E-state index in [9.17, 15) is 4.79 Å². The topological polar surface area (TPSA) is 77.3 Å². The maximum absolute atomic E-state index is 12.2. The summed E-state index contributed by atoms with van der Waals surface area (Å²) < 4.78 is 10.3. The zero-order valence-corrected chi connectivity index (χ0v) is 15.4. The van der Waals surface area contributed by atoms with Crippen LogP contribution in [0.5, 0.6) is 5.75 Å². The van der Waals surface area contributed by atoms with Crippen molar-refractivity contribution in [3.05, 3.63) is 58.1 Å². The summed E-state index contributed by atoms with van der Waals surface area (Å²) in [6.07, 6.45) is 0. The largest absolute Gasteiger partial charge is 0.484 e. The number of nitrogens with zero attached hydrogens (tertiary/aromatic N) is 2. The van der Waals surface area contributed by atoms with Crippen molar-refractivity contribution in [1.82, 2.24) is 10.3 Å². The number of carbonyl (C=O) groups is 1. The second-order valence-electron chi connectivity index (χ2n) is 6.01. The first-order valence-corrected chi connectivity index (χ1v) is 8.41. The van der Waals surface area contributed by atoms with Crippen molar-refractivity contribution < 1.29 is 14.2 Å². The Hall–Kier alpha value is -2.86. The van der Waals surface area contributed by atoms with Gasteiger partial charge in [-0.3, -0.25) is 4.79 Å². The van der Waals surface area contributed by atoms with Crippen molar-refractivity contribution in [3.63, 3.8) is 0 Å². The van der Waals surface area contributed by atoms with Crippen LogP contribution in [0.4, 0.5) is 5.82 Å². The molecule has 0 bridgehead atoms. The summed E-state index contributed by atoms with van der Waals surface area (Å²) in [5.74, 6) is 0.460.